The maximum atomic E-state index is 12.5. The van der Waals surface area contributed by atoms with Gasteiger partial charge in [0.2, 0.25) is 21.8 Å². The molecule has 1 heterocycles. The van der Waals surface area contributed by atoms with Gasteiger partial charge in [-0.05, 0) is 40.5 Å². The third-order valence-corrected chi connectivity index (χ3v) is 6.35. The molecule has 0 saturated carbocycles. The number of carbonyl (C=O) groups excluding carboxylic acids is 2. The van der Waals surface area contributed by atoms with Crippen molar-refractivity contribution in [2.24, 2.45) is 0 Å². The van der Waals surface area contributed by atoms with E-state index in [1.165, 1.54) is 6.07 Å². The van der Waals surface area contributed by atoms with Gasteiger partial charge in [0.25, 0.3) is 0 Å². The number of benzene rings is 1. The van der Waals surface area contributed by atoms with Crippen LogP contribution in [0.5, 0.6) is 0 Å². The lowest BCUT2D eigenvalue weighted by atomic mass is 10.2. The van der Waals surface area contributed by atoms with E-state index in [9.17, 15) is 18.0 Å². The molecule has 0 spiro atoms. The summed E-state index contributed by atoms with van der Waals surface area (Å²) >= 11 is 6.47. The minimum Gasteiger partial charge on any atom is -0.294 e. The van der Waals surface area contributed by atoms with Gasteiger partial charge in [-0.25, -0.2) is 8.42 Å². The summed E-state index contributed by atoms with van der Waals surface area (Å²) in [7, 11) is -3.92. The summed E-state index contributed by atoms with van der Waals surface area (Å²) in [6.45, 7) is 1.08. The van der Waals surface area contributed by atoms with Crippen molar-refractivity contribution in [3.05, 3.63) is 26.6 Å². The average molecular weight is 426 g/mol. The molecule has 1 fully saturated rings. The number of nitrogens with zero attached hydrogens (tertiary/aromatic N) is 1. The number of sulfonamides is 1. The zero-order chi connectivity index (χ0) is 15.1. The summed E-state index contributed by atoms with van der Waals surface area (Å²) < 4.78 is 26.9. The van der Waals surface area contributed by atoms with Crippen molar-refractivity contribution >= 4 is 53.7 Å². The first kappa shape index (κ1) is 15.6. The van der Waals surface area contributed by atoms with Crippen LogP contribution in [-0.4, -0.2) is 37.6 Å². The van der Waals surface area contributed by atoms with Crippen LogP contribution in [0, 0.1) is 6.92 Å². The average Bonchev–Trinajstić information content (AvgIpc) is 2.32. The van der Waals surface area contributed by atoms with Crippen molar-refractivity contribution in [1.29, 1.82) is 0 Å². The number of nitrogens with one attached hydrogen (secondary N) is 1. The lowest BCUT2D eigenvalue weighted by Gasteiger charge is -2.25. The summed E-state index contributed by atoms with van der Waals surface area (Å²) in [5.74, 6) is -1.26. The normalized spacial score (nSPS) is 17.1. The van der Waals surface area contributed by atoms with Gasteiger partial charge in [0, 0.05) is 8.95 Å². The van der Waals surface area contributed by atoms with E-state index in [1.807, 2.05) is 6.92 Å². The first-order valence-electron chi connectivity index (χ1n) is 5.50. The number of halogens is 2. The highest BCUT2D eigenvalue weighted by Crippen LogP contribution is 2.30. The third-order valence-electron chi connectivity index (χ3n) is 2.75. The second kappa shape index (κ2) is 5.55. The Morgan fingerprint density at radius 3 is 2.20 bits per heavy atom. The summed E-state index contributed by atoms with van der Waals surface area (Å²) in [6, 6.07) is 3.11. The van der Waals surface area contributed by atoms with E-state index in [1.54, 1.807) is 6.07 Å². The van der Waals surface area contributed by atoms with E-state index < -0.39 is 21.8 Å². The van der Waals surface area contributed by atoms with Gasteiger partial charge >= 0.3 is 0 Å². The number of imide groups is 1. The molecule has 1 aliphatic heterocycles. The molecule has 108 valence electrons. The van der Waals surface area contributed by atoms with Crippen LogP contribution in [0.1, 0.15) is 5.56 Å². The molecular weight excluding hydrogens is 416 g/mol. The van der Waals surface area contributed by atoms with Crippen LogP contribution in [0.3, 0.4) is 0 Å². The SMILES string of the molecule is Cc1cc(Br)c(S(=O)(=O)N2CC(=O)NC(=O)C2)cc1Br. The first-order chi connectivity index (χ1) is 9.21. The Labute approximate surface area is 132 Å². The monoisotopic (exact) mass is 424 g/mol. The molecule has 0 aliphatic carbocycles. The molecule has 1 aromatic rings. The predicted molar refractivity (Wildman–Crippen MR) is 78.5 cm³/mol. The van der Waals surface area contributed by atoms with Gasteiger partial charge in [0.05, 0.1) is 18.0 Å². The van der Waals surface area contributed by atoms with Crippen molar-refractivity contribution in [3.63, 3.8) is 0 Å². The lowest BCUT2D eigenvalue weighted by molar-refractivity contribution is -0.134. The fourth-order valence-corrected chi connectivity index (χ4v) is 4.74. The van der Waals surface area contributed by atoms with Crippen LogP contribution in [0.2, 0.25) is 0 Å². The zero-order valence-electron chi connectivity index (χ0n) is 10.3. The molecule has 1 aromatic carbocycles. The lowest BCUT2D eigenvalue weighted by Crippen LogP contribution is -2.53. The molecule has 2 rings (SSSR count). The van der Waals surface area contributed by atoms with Crippen LogP contribution in [0.25, 0.3) is 0 Å². The number of hydrogen-bond acceptors (Lipinski definition) is 4. The topological polar surface area (TPSA) is 83.6 Å². The molecule has 0 radical (unpaired) electrons. The van der Waals surface area contributed by atoms with Crippen LogP contribution in [-0.2, 0) is 19.6 Å². The van der Waals surface area contributed by atoms with E-state index >= 15 is 0 Å². The van der Waals surface area contributed by atoms with E-state index in [-0.39, 0.29) is 18.0 Å². The molecule has 2 amide bonds. The fraction of sp³-hybridized carbons (Fsp3) is 0.273. The van der Waals surface area contributed by atoms with Gasteiger partial charge in [-0.2, -0.15) is 4.31 Å². The highest BCUT2D eigenvalue weighted by molar-refractivity contribution is 9.11. The summed E-state index contributed by atoms with van der Waals surface area (Å²) in [5.41, 5.74) is 0.864. The Morgan fingerprint density at radius 2 is 1.65 bits per heavy atom. The molecule has 9 heteroatoms. The number of piperazine rings is 1. The van der Waals surface area contributed by atoms with Crippen LogP contribution in [0.15, 0.2) is 26.0 Å². The van der Waals surface area contributed by atoms with Crippen LogP contribution < -0.4 is 5.32 Å². The molecule has 0 unspecified atom stereocenters. The molecule has 1 saturated heterocycles. The number of aryl methyl sites for hydroxylation is 1. The Balaban J connectivity index is 2.47. The van der Waals surface area contributed by atoms with Gasteiger partial charge in [-0.3, -0.25) is 14.9 Å². The van der Waals surface area contributed by atoms with Crippen molar-refractivity contribution < 1.29 is 18.0 Å². The van der Waals surface area contributed by atoms with E-state index in [2.05, 4.69) is 37.2 Å². The summed E-state index contributed by atoms with van der Waals surface area (Å²) in [6.07, 6.45) is 0. The van der Waals surface area contributed by atoms with Gasteiger partial charge in [0.15, 0.2) is 0 Å². The quantitative estimate of drug-likeness (QED) is 0.721. The smallest absolute Gasteiger partial charge is 0.245 e. The van der Waals surface area contributed by atoms with Crippen LogP contribution >= 0.6 is 31.9 Å². The van der Waals surface area contributed by atoms with Crippen LogP contribution in [0.4, 0.5) is 0 Å². The van der Waals surface area contributed by atoms with Crippen molar-refractivity contribution in [2.75, 3.05) is 13.1 Å². The maximum Gasteiger partial charge on any atom is 0.245 e. The molecule has 0 atom stereocenters. The molecule has 20 heavy (non-hydrogen) atoms. The predicted octanol–water partition coefficient (Wildman–Crippen LogP) is 1.17. The number of rotatable bonds is 2. The number of hydrogen-bond donors (Lipinski definition) is 1. The Kier molecular flexibility index (Phi) is 4.33. The van der Waals surface area contributed by atoms with E-state index in [0.29, 0.717) is 8.95 Å². The number of amides is 2. The maximum absolute atomic E-state index is 12.5. The molecule has 0 bridgehead atoms. The Bertz CT molecular complexity index is 687. The highest BCUT2D eigenvalue weighted by Gasteiger charge is 2.34. The second-order valence-electron chi connectivity index (χ2n) is 4.28. The number of carbonyl (C=O) groups is 2. The Morgan fingerprint density at radius 1 is 1.10 bits per heavy atom. The largest absolute Gasteiger partial charge is 0.294 e. The minimum atomic E-state index is -3.92. The fourth-order valence-electron chi connectivity index (χ4n) is 1.75. The third kappa shape index (κ3) is 2.95. The molecule has 6 nitrogen and oxygen atoms in total. The van der Waals surface area contributed by atoms with Crippen molar-refractivity contribution in [2.45, 2.75) is 11.8 Å². The zero-order valence-corrected chi connectivity index (χ0v) is 14.3. The van der Waals surface area contributed by atoms with Gasteiger partial charge in [-0.1, -0.05) is 15.9 Å². The first-order valence-corrected chi connectivity index (χ1v) is 8.53. The minimum absolute atomic E-state index is 0.0116. The highest BCUT2D eigenvalue weighted by atomic mass is 79.9. The summed E-state index contributed by atoms with van der Waals surface area (Å²) in [4.78, 5) is 22.6. The van der Waals surface area contributed by atoms with Crippen molar-refractivity contribution in [1.82, 2.24) is 9.62 Å². The van der Waals surface area contributed by atoms with Crippen molar-refractivity contribution in [3.8, 4) is 0 Å². The van der Waals surface area contributed by atoms with Gasteiger partial charge in [-0.15, -0.1) is 0 Å². The molecular formula is C11H10Br2N2O4S. The van der Waals surface area contributed by atoms with E-state index in [0.717, 1.165) is 9.87 Å². The molecule has 0 aromatic heterocycles. The standard InChI is InChI=1S/C11H10Br2N2O4S/c1-6-2-8(13)9(3-7(6)12)20(18,19)15-4-10(16)14-11(17)5-15/h2-3H,4-5H2,1H3,(H,14,16,17). The van der Waals surface area contributed by atoms with Gasteiger partial charge in [0.1, 0.15) is 0 Å². The second-order valence-corrected chi connectivity index (χ2v) is 7.89. The summed E-state index contributed by atoms with van der Waals surface area (Å²) in [5, 5.41) is 2.06. The Hall–Kier alpha value is -0.770. The van der Waals surface area contributed by atoms with E-state index in [4.69, 9.17) is 0 Å². The molecule has 1 aliphatic rings. The molecule has 1 N–H and O–H groups in total. The van der Waals surface area contributed by atoms with Gasteiger partial charge < -0.3 is 0 Å².